The second-order valence-electron chi connectivity index (χ2n) is 6.27. The molecule has 2 aromatic carbocycles. The average Bonchev–Trinajstić information content (AvgIpc) is 2.99. The molecule has 0 saturated carbocycles. The summed E-state index contributed by atoms with van der Waals surface area (Å²) >= 11 is 0.956. The molecule has 0 radical (unpaired) electrons. The van der Waals surface area contributed by atoms with Gasteiger partial charge in [0.2, 0.25) is 5.91 Å². The van der Waals surface area contributed by atoms with Crippen molar-refractivity contribution in [2.24, 2.45) is 0 Å². The molecule has 0 unspecified atom stereocenters. The van der Waals surface area contributed by atoms with Gasteiger partial charge in [0.05, 0.1) is 12.4 Å². The second-order valence-corrected chi connectivity index (χ2v) is 7.29. The van der Waals surface area contributed by atoms with Gasteiger partial charge in [0.1, 0.15) is 29.2 Å². The first kappa shape index (κ1) is 19.5. The first-order valence-electron chi connectivity index (χ1n) is 8.76. The summed E-state index contributed by atoms with van der Waals surface area (Å²) in [6, 6.07) is 7.03. The number of rotatable bonds is 7. The Balaban J connectivity index is 1.61. The number of ether oxygens (including phenoxy) is 2. The topological polar surface area (TPSA) is 47.6 Å². The van der Waals surface area contributed by atoms with Crippen molar-refractivity contribution >= 4 is 17.7 Å². The molecule has 0 aliphatic carbocycles. The molecular formula is C20H21F2NO3S. The van der Waals surface area contributed by atoms with Gasteiger partial charge in [-0.2, -0.15) is 0 Å². The van der Waals surface area contributed by atoms with E-state index < -0.39 is 11.6 Å². The van der Waals surface area contributed by atoms with Crippen LogP contribution in [0.5, 0.6) is 11.5 Å². The third-order valence-corrected chi connectivity index (χ3v) is 5.14. The number of carbonyl (C=O) groups is 1. The summed E-state index contributed by atoms with van der Waals surface area (Å²) < 4.78 is 38.3. The molecule has 0 fully saturated rings. The first-order chi connectivity index (χ1) is 13.0. The highest BCUT2D eigenvalue weighted by Gasteiger charge is 2.22. The maximum absolute atomic E-state index is 13.6. The van der Waals surface area contributed by atoms with Crippen LogP contribution in [0.4, 0.5) is 8.78 Å². The summed E-state index contributed by atoms with van der Waals surface area (Å²) in [5.41, 5.74) is 1.91. The molecule has 1 amide bonds. The number of amides is 1. The van der Waals surface area contributed by atoms with Crippen molar-refractivity contribution in [3.05, 3.63) is 53.1 Å². The minimum Gasteiger partial charge on any atom is -0.494 e. The van der Waals surface area contributed by atoms with Crippen molar-refractivity contribution in [2.75, 3.05) is 12.4 Å². The van der Waals surface area contributed by atoms with E-state index in [1.54, 1.807) is 0 Å². The molecule has 27 heavy (non-hydrogen) atoms. The molecule has 0 bridgehead atoms. The molecule has 2 aromatic rings. The molecule has 0 spiro atoms. The highest BCUT2D eigenvalue weighted by molar-refractivity contribution is 8.00. The maximum Gasteiger partial charge on any atom is 0.230 e. The standard InChI is InChI=1S/C20H21F2NO3S/c1-3-25-17-7-13-6-12(2)26-18(13)8-14(17)10-23-20(24)11-27-19-9-15(21)4-5-16(19)22/h4-5,7-9,12H,3,6,10-11H2,1-2H3,(H,23,24)/t12-/m1/s1. The van der Waals surface area contributed by atoms with E-state index in [0.29, 0.717) is 6.61 Å². The summed E-state index contributed by atoms with van der Waals surface area (Å²) in [6.45, 7) is 4.69. The van der Waals surface area contributed by atoms with Gasteiger partial charge in [0.15, 0.2) is 0 Å². The Bertz CT molecular complexity index is 844. The lowest BCUT2D eigenvalue weighted by molar-refractivity contribution is -0.118. The normalized spacial score (nSPS) is 15.2. The zero-order chi connectivity index (χ0) is 19.4. The van der Waals surface area contributed by atoms with Gasteiger partial charge in [-0.3, -0.25) is 4.79 Å². The molecule has 1 atom stereocenters. The summed E-state index contributed by atoms with van der Waals surface area (Å²) in [5, 5.41) is 2.79. The number of thioether (sulfide) groups is 1. The van der Waals surface area contributed by atoms with Crippen LogP contribution >= 0.6 is 11.8 Å². The molecule has 1 N–H and O–H groups in total. The molecule has 0 aromatic heterocycles. The Hall–Kier alpha value is -2.28. The lowest BCUT2D eigenvalue weighted by Gasteiger charge is -2.13. The van der Waals surface area contributed by atoms with Crippen molar-refractivity contribution in [1.29, 1.82) is 0 Å². The fourth-order valence-electron chi connectivity index (χ4n) is 2.89. The smallest absolute Gasteiger partial charge is 0.230 e. The number of carbonyl (C=O) groups excluding carboxylic acids is 1. The van der Waals surface area contributed by atoms with E-state index in [9.17, 15) is 13.6 Å². The second kappa shape index (κ2) is 8.61. The number of halogens is 2. The van der Waals surface area contributed by atoms with Gasteiger partial charge < -0.3 is 14.8 Å². The monoisotopic (exact) mass is 393 g/mol. The van der Waals surface area contributed by atoms with E-state index in [0.717, 1.165) is 59.0 Å². The first-order valence-corrected chi connectivity index (χ1v) is 9.74. The van der Waals surface area contributed by atoms with Gasteiger partial charge in [-0.15, -0.1) is 11.8 Å². The van der Waals surface area contributed by atoms with Crippen molar-refractivity contribution in [3.63, 3.8) is 0 Å². The number of hydrogen-bond donors (Lipinski definition) is 1. The Kier molecular flexibility index (Phi) is 6.21. The van der Waals surface area contributed by atoms with Gasteiger partial charge in [-0.25, -0.2) is 8.78 Å². The van der Waals surface area contributed by atoms with Gasteiger partial charge in [0.25, 0.3) is 0 Å². The number of nitrogens with one attached hydrogen (secondary N) is 1. The van der Waals surface area contributed by atoms with E-state index in [2.05, 4.69) is 5.32 Å². The molecule has 0 saturated heterocycles. The fraction of sp³-hybridized carbons (Fsp3) is 0.350. The Morgan fingerprint density at radius 2 is 2.15 bits per heavy atom. The van der Waals surface area contributed by atoms with E-state index in [4.69, 9.17) is 9.47 Å². The highest BCUT2D eigenvalue weighted by Crippen LogP contribution is 2.35. The van der Waals surface area contributed by atoms with Gasteiger partial charge >= 0.3 is 0 Å². The number of benzene rings is 2. The maximum atomic E-state index is 13.6. The van der Waals surface area contributed by atoms with Crippen LogP contribution in [0.15, 0.2) is 35.2 Å². The molecule has 1 aliphatic rings. The third-order valence-electron chi connectivity index (χ3n) is 4.11. The minimum atomic E-state index is -0.544. The van der Waals surface area contributed by atoms with Crippen molar-refractivity contribution in [3.8, 4) is 11.5 Å². The van der Waals surface area contributed by atoms with Crippen LogP contribution in [0, 0.1) is 11.6 Å². The average molecular weight is 393 g/mol. The summed E-state index contributed by atoms with van der Waals surface area (Å²) in [7, 11) is 0. The molecule has 4 nitrogen and oxygen atoms in total. The predicted molar refractivity (Wildman–Crippen MR) is 100 cm³/mol. The fourth-order valence-corrected chi connectivity index (χ4v) is 3.68. The number of hydrogen-bond acceptors (Lipinski definition) is 4. The molecule has 1 heterocycles. The summed E-state index contributed by atoms with van der Waals surface area (Å²) in [6.07, 6.45) is 0.953. The largest absolute Gasteiger partial charge is 0.494 e. The van der Waals surface area contributed by atoms with Gasteiger partial charge in [0, 0.05) is 29.0 Å². The van der Waals surface area contributed by atoms with Crippen molar-refractivity contribution in [2.45, 2.75) is 37.8 Å². The van der Waals surface area contributed by atoms with Crippen LogP contribution in [0.3, 0.4) is 0 Å². The SMILES string of the molecule is CCOc1cc2c(cc1CNC(=O)CSc1cc(F)ccc1F)O[C@H](C)C2. The van der Waals surface area contributed by atoms with Crippen LogP contribution in [-0.4, -0.2) is 24.4 Å². The summed E-state index contributed by atoms with van der Waals surface area (Å²) in [4.78, 5) is 12.2. The molecule has 144 valence electrons. The van der Waals surface area contributed by atoms with Crippen molar-refractivity contribution < 1.29 is 23.0 Å². The lowest BCUT2D eigenvalue weighted by Crippen LogP contribution is -2.25. The highest BCUT2D eigenvalue weighted by atomic mass is 32.2. The molecule has 7 heteroatoms. The summed E-state index contributed by atoms with van der Waals surface area (Å²) in [5.74, 6) is 0.166. The van der Waals surface area contributed by atoms with E-state index in [-0.39, 0.29) is 29.2 Å². The minimum absolute atomic E-state index is 0.0111. The Morgan fingerprint density at radius 1 is 1.33 bits per heavy atom. The van der Waals surface area contributed by atoms with Gasteiger partial charge in [-0.05, 0) is 44.2 Å². The third kappa shape index (κ3) is 4.91. The molecule has 3 rings (SSSR count). The zero-order valence-electron chi connectivity index (χ0n) is 15.2. The van der Waals surface area contributed by atoms with Crippen LogP contribution in [0.1, 0.15) is 25.0 Å². The van der Waals surface area contributed by atoms with Crippen LogP contribution in [-0.2, 0) is 17.8 Å². The molecule has 1 aliphatic heterocycles. The Labute approximate surface area is 161 Å². The van der Waals surface area contributed by atoms with Gasteiger partial charge in [-0.1, -0.05) is 0 Å². The van der Waals surface area contributed by atoms with Crippen LogP contribution in [0.25, 0.3) is 0 Å². The lowest BCUT2D eigenvalue weighted by atomic mass is 10.1. The van der Waals surface area contributed by atoms with Crippen molar-refractivity contribution in [1.82, 2.24) is 5.32 Å². The van der Waals surface area contributed by atoms with Crippen LogP contribution in [0.2, 0.25) is 0 Å². The van der Waals surface area contributed by atoms with E-state index >= 15 is 0 Å². The molecular weight excluding hydrogens is 372 g/mol. The van der Waals surface area contributed by atoms with E-state index in [1.165, 1.54) is 0 Å². The Morgan fingerprint density at radius 3 is 2.93 bits per heavy atom. The predicted octanol–water partition coefficient (Wildman–Crippen LogP) is 4.10. The zero-order valence-corrected chi connectivity index (χ0v) is 16.0. The van der Waals surface area contributed by atoms with Crippen LogP contribution < -0.4 is 14.8 Å². The van der Waals surface area contributed by atoms with E-state index in [1.807, 2.05) is 26.0 Å². The number of fused-ring (bicyclic) bond motifs is 1. The quantitative estimate of drug-likeness (QED) is 0.720.